The Balaban J connectivity index is 2.69. The van der Waals surface area contributed by atoms with Gasteiger partial charge in [0.25, 0.3) is 0 Å². The maximum atomic E-state index is 11.7. The topological polar surface area (TPSA) is 58.2 Å². The van der Waals surface area contributed by atoms with Crippen molar-refractivity contribution in [3.63, 3.8) is 0 Å². The smallest absolute Gasteiger partial charge is 0.234 e. The Bertz CT molecular complexity index is 479. The van der Waals surface area contributed by atoms with E-state index in [0.717, 1.165) is 10.1 Å². The summed E-state index contributed by atoms with van der Waals surface area (Å²) in [6, 6.07) is 5.17. The fourth-order valence-electron chi connectivity index (χ4n) is 1.17. The molecule has 7 heteroatoms. The number of hydrogen-bond acceptors (Lipinski definition) is 3. The normalized spacial score (nSPS) is 11.5. The van der Waals surface area contributed by atoms with Crippen molar-refractivity contribution in [3.8, 4) is 0 Å². The van der Waals surface area contributed by atoms with Gasteiger partial charge in [-0.3, -0.25) is 4.72 Å². The second-order valence-corrected chi connectivity index (χ2v) is 6.89. The third-order valence-electron chi connectivity index (χ3n) is 1.99. The maximum Gasteiger partial charge on any atom is 0.234 e. The molecule has 2 N–H and O–H groups in total. The van der Waals surface area contributed by atoms with Crippen LogP contribution < -0.4 is 10.0 Å². The van der Waals surface area contributed by atoms with Gasteiger partial charge >= 0.3 is 0 Å². The molecule has 1 rings (SSSR count). The van der Waals surface area contributed by atoms with E-state index in [0.29, 0.717) is 17.3 Å². The van der Waals surface area contributed by atoms with E-state index in [1.54, 1.807) is 18.2 Å². The molecule has 17 heavy (non-hydrogen) atoms. The first-order valence-corrected chi connectivity index (χ1v) is 8.22. The van der Waals surface area contributed by atoms with Gasteiger partial charge in [-0.1, -0.05) is 18.5 Å². The molecular weight excluding hydrogens is 375 g/mol. The lowest BCUT2D eigenvalue weighted by Gasteiger charge is -2.09. The average molecular weight is 389 g/mol. The van der Waals surface area contributed by atoms with E-state index >= 15 is 0 Å². The van der Waals surface area contributed by atoms with Crippen molar-refractivity contribution in [2.45, 2.75) is 6.92 Å². The molecule has 0 saturated carbocycles. The van der Waals surface area contributed by atoms with Crippen molar-refractivity contribution < 1.29 is 8.42 Å². The number of hydrogen-bond donors (Lipinski definition) is 2. The molecule has 0 aromatic heterocycles. The highest BCUT2D eigenvalue weighted by molar-refractivity contribution is 14.1. The Kier molecular flexibility index (Phi) is 5.98. The van der Waals surface area contributed by atoms with Crippen LogP contribution in [0.15, 0.2) is 18.2 Å². The zero-order valence-corrected chi connectivity index (χ0v) is 13.1. The quantitative estimate of drug-likeness (QED) is 0.581. The maximum absolute atomic E-state index is 11.7. The van der Waals surface area contributed by atoms with Crippen molar-refractivity contribution in [3.05, 3.63) is 26.8 Å². The van der Waals surface area contributed by atoms with Crippen LogP contribution >= 0.6 is 34.2 Å². The van der Waals surface area contributed by atoms with Crippen molar-refractivity contribution in [1.29, 1.82) is 0 Å². The first-order valence-electron chi connectivity index (χ1n) is 5.11. The molecule has 0 spiro atoms. The van der Waals surface area contributed by atoms with Crippen LogP contribution in [0, 0.1) is 3.57 Å². The van der Waals surface area contributed by atoms with E-state index in [2.05, 4.69) is 32.6 Å². The minimum Gasteiger partial charge on any atom is -0.316 e. The Morgan fingerprint density at radius 3 is 2.71 bits per heavy atom. The molecule has 0 aliphatic rings. The molecular formula is C10H14ClIN2O2S. The van der Waals surface area contributed by atoms with Crippen molar-refractivity contribution >= 4 is 49.9 Å². The van der Waals surface area contributed by atoms with Gasteiger partial charge in [0.2, 0.25) is 10.0 Å². The van der Waals surface area contributed by atoms with Crippen molar-refractivity contribution in [2.75, 3.05) is 23.6 Å². The van der Waals surface area contributed by atoms with Gasteiger partial charge in [-0.15, -0.1) is 0 Å². The molecule has 96 valence electrons. The molecule has 1 aromatic rings. The van der Waals surface area contributed by atoms with Gasteiger partial charge in [-0.05, 0) is 47.3 Å². The number of halogens is 2. The van der Waals surface area contributed by atoms with Crippen LogP contribution in [0.4, 0.5) is 5.69 Å². The summed E-state index contributed by atoms with van der Waals surface area (Å²) in [7, 11) is -3.34. The van der Waals surface area contributed by atoms with Gasteiger partial charge in [0.15, 0.2) is 0 Å². The van der Waals surface area contributed by atoms with Gasteiger partial charge in [0, 0.05) is 10.1 Å². The van der Waals surface area contributed by atoms with Gasteiger partial charge in [-0.2, -0.15) is 0 Å². The minimum atomic E-state index is -3.34. The second-order valence-electron chi connectivity index (χ2n) is 3.40. The van der Waals surface area contributed by atoms with Gasteiger partial charge in [0.1, 0.15) is 0 Å². The summed E-state index contributed by atoms with van der Waals surface area (Å²) in [5.41, 5.74) is 0.420. The molecule has 0 radical (unpaired) electrons. The summed E-state index contributed by atoms with van der Waals surface area (Å²) < 4.78 is 26.8. The van der Waals surface area contributed by atoms with E-state index < -0.39 is 10.0 Å². The SMILES string of the molecule is CCNCCS(=O)(=O)Nc1ccc(I)cc1Cl. The lowest BCUT2D eigenvalue weighted by Crippen LogP contribution is -2.26. The van der Waals surface area contributed by atoms with Crippen molar-refractivity contribution in [2.24, 2.45) is 0 Å². The highest BCUT2D eigenvalue weighted by atomic mass is 127. The van der Waals surface area contributed by atoms with Gasteiger partial charge in [0.05, 0.1) is 16.5 Å². The predicted molar refractivity (Wildman–Crippen MR) is 80.1 cm³/mol. The molecule has 0 aliphatic heterocycles. The molecule has 1 aromatic carbocycles. The van der Waals surface area contributed by atoms with E-state index in [1.807, 2.05) is 6.92 Å². The molecule has 0 amide bonds. The molecule has 0 saturated heterocycles. The summed E-state index contributed by atoms with van der Waals surface area (Å²) in [6.45, 7) is 3.10. The summed E-state index contributed by atoms with van der Waals surface area (Å²) in [6.07, 6.45) is 0. The minimum absolute atomic E-state index is 0.0309. The molecule has 4 nitrogen and oxygen atoms in total. The molecule has 0 aliphatic carbocycles. The lowest BCUT2D eigenvalue weighted by molar-refractivity contribution is 0.597. The largest absolute Gasteiger partial charge is 0.316 e. The van der Waals surface area contributed by atoms with Crippen LogP contribution in [-0.2, 0) is 10.0 Å². The van der Waals surface area contributed by atoms with E-state index in [1.165, 1.54) is 0 Å². The standard InChI is InChI=1S/C10H14ClIN2O2S/c1-2-13-5-6-17(15,16)14-10-4-3-8(12)7-9(10)11/h3-4,7,13-14H,2,5-6H2,1H3. The summed E-state index contributed by atoms with van der Waals surface area (Å²) in [4.78, 5) is 0. The zero-order valence-electron chi connectivity index (χ0n) is 9.33. The van der Waals surface area contributed by atoms with E-state index in [4.69, 9.17) is 11.6 Å². The first kappa shape index (κ1) is 15.0. The van der Waals surface area contributed by atoms with Crippen LogP contribution in [0.25, 0.3) is 0 Å². The van der Waals surface area contributed by atoms with Crippen LogP contribution in [0.5, 0.6) is 0 Å². The molecule has 0 unspecified atom stereocenters. The Morgan fingerprint density at radius 2 is 2.12 bits per heavy atom. The number of benzene rings is 1. The highest BCUT2D eigenvalue weighted by Gasteiger charge is 2.11. The predicted octanol–water partition coefficient (Wildman–Crippen LogP) is 2.30. The Labute approximate surface area is 120 Å². The average Bonchev–Trinajstić information content (AvgIpc) is 2.22. The molecule has 0 fully saturated rings. The van der Waals surface area contributed by atoms with Crippen LogP contribution in [0.2, 0.25) is 5.02 Å². The summed E-state index contributed by atoms with van der Waals surface area (Å²) >= 11 is 8.06. The molecule has 0 heterocycles. The third-order valence-corrected chi connectivity index (χ3v) is 4.25. The molecule has 0 bridgehead atoms. The Morgan fingerprint density at radius 1 is 1.41 bits per heavy atom. The van der Waals surface area contributed by atoms with E-state index in [9.17, 15) is 8.42 Å². The fourth-order valence-corrected chi connectivity index (χ4v) is 3.16. The fraction of sp³-hybridized carbons (Fsp3) is 0.400. The van der Waals surface area contributed by atoms with Crippen LogP contribution in [-0.4, -0.2) is 27.3 Å². The van der Waals surface area contributed by atoms with Crippen LogP contribution in [0.3, 0.4) is 0 Å². The van der Waals surface area contributed by atoms with Gasteiger partial charge < -0.3 is 5.32 Å². The number of rotatable bonds is 6. The zero-order chi connectivity index (χ0) is 12.9. The number of nitrogens with one attached hydrogen (secondary N) is 2. The lowest BCUT2D eigenvalue weighted by atomic mass is 10.3. The van der Waals surface area contributed by atoms with Crippen molar-refractivity contribution in [1.82, 2.24) is 5.32 Å². The first-order chi connectivity index (χ1) is 7.94. The third kappa shape index (κ3) is 5.41. The molecule has 0 atom stereocenters. The van der Waals surface area contributed by atoms with Crippen LogP contribution in [0.1, 0.15) is 6.92 Å². The van der Waals surface area contributed by atoms with Gasteiger partial charge in [-0.25, -0.2) is 8.42 Å². The monoisotopic (exact) mass is 388 g/mol. The number of sulfonamides is 1. The van der Waals surface area contributed by atoms with E-state index in [-0.39, 0.29) is 5.75 Å². The summed E-state index contributed by atoms with van der Waals surface area (Å²) in [5.74, 6) is 0.0309. The highest BCUT2D eigenvalue weighted by Crippen LogP contribution is 2.24. The summed E-state index contributed by atoms with van der Waals surface area (Å²) in [5, 5.41) is 3.37. The number of anilines is 1. The Hall–Kier alpha value is -0.0500. The second kappa shape index (κ2) is 6.77.